The van der Waals surface area contributed by atoms with Crippen LogP contribution in [0.1, 0.15) is 0 Å². The van der Waals surface area contributed by atoms with E-state index in [0.29, 0.717) is 0 Å². The van der Waals surface area contributed by atoms with Crippen LogP contribution in [0.2, 0.25) is 0 Å². The molecule has 9 aromatic rings. The summed E-state index contributed by atoms with van der Waals surface area (Å²) >= 11 is 1.81. The number of hydrogen-bond donors (Lipinski definition) is 0. The van der Waals surface area contributed by atoms with Gasteiger partial charge >= 0.3 is 0 Å². The minimum atomic E-state index is 0.861. The Hall–Kier alpha value is -5.25. The van der Waals surface area contributed by atoms with Gasteiger partial charge in [-0.3, -0.25) is 4.98 Å². The molecular weight excluding hydrogens is 531 g/mol. The lowest BCUT2D eigenvalue weighted by atomic mass is 9.87. The summed E-state index contributed by atoms with van der Waals surface area (Å²) in [5.41, 5.74) is 2.39. The third-order valence-electron chi connectivity index (χ3n) is 8.39. The topological polar surface area (TPSA) is 22.1 Å². The van der Waals surface area contributed by atoms with Gasteiger partial charge in [-0.1, -0.05) is 97.1 Å². The van der Waals surface area contributed by atoms with Crippen LogP contribution in [0.15, 0.2) is 140 Å². The van der Waals surface area contributed by atoms with Crippen molar-refractivity contribution in [1.82, 2.24) is 4.98 Å². The summed E-state index contributed by atoms with van der Waals surface area (Å²) in [4.78, 5) is 4.63. The van der Waals surface area contributed by atoms with Crippen LogP contribution in [0.3, 0.4) is 0 Å². The molecule has 196 valence electrons. The van der Waals surface area contributed by atoms with Crippen molar-refractivity contribution >= 4 is 74.6 Å². The molecule has 0 radical (unpaired) electrons. The van der Waals surface area contributed by atoms with Crippen LogP contribution in [0, 0.1) is 0 Å². The number of nitrogens with zero attached hydrogens (tertiary/aromatic N) is 1. The second kappa shape index (κ2) is 9.13. The van der Waals surface area contributed by atoms with E-state index in [2.05, 4.69) is 132 Å². The summed E-state index contributed by atoms with van der Waals surface area (Å²) in [6, 6.07) is 45.4. The van der Waals surface area contributed by atoms with Gasteiger partial charge in [0, 0.05) is 48.7 Å². The summed E-state index contributed by atoms with van der Waals surface area (Å²) in [5, 5.41) is 11.7. The second-order valence-electron chi connectivity index (χ2n) is 10.7. The zero-order chi connectivity index (χ0) is 27.6. The Labute approximate surface area is 246 Å². The minimum absolute atomic E-state index is 0.861. The molecule has 2 aromatic heterocycles. The van der Waals surface area contributed by atoms with Crippen LogP contribution in [0.4, 0.5) is 0 Å². The predicted molar refractivity (Wildman–Crippen MR) is 179 cm³/mol. The fourth-order valence-electron chi connectivity index (χ4n) is 6.58. The molecule has 0 atom stereocenters. The summed E-state index contributed by atoms with van der Waals surface area (Å²) in [5.74, 6) is 1.73. The van der Waals surface area contributed by atoms with Gasteiger partial charge in [0.15, 0.2) is 0 Å². The fraction of sp³-hybridized carbons (Fsp3) is 0. The van der Waals surface area contributed by atoms with Crippen LogP contribution in [0.5, 0.6) is 11.5 Å². The lowest BCUT2D eigenvalue weighted by Gasteiger charge is -2.19. The molecule has 0 unspecified atom stereocenters. The Bertz CT molecular complexity index is 2450. The van der Waals surface area contributed by atoms with Gasteiger partial charge in [-0.25, -0.2) is 0 Å². The zero-order valence-corrected chi connectivity index (χ0v) is 23.4. The molecule has 0 spiro atoms. The van der Waals surface area contributed by atoms with Crippen molar-refractivity contribution in [2.24, 2.45) is 0 Å². The number of hydrogen-bond acceptors (Lipinski definition) is 3. The molecule has 42 heavy (non-hydrogen) atoms. The van der Waals surface area contributed by atoms with Crippen molar-refractivity contribution in [3.8, 4) is 22.6 Å². The number of thiophene rings is 1. The van der Waals surface area contributed by atoms with Gasteiger partial charge in [0.05, 0.1) is 0 Å². The van der Waals surface area contributed by atoms with E-state index in [0.717, 1.165) is 38.4 Å². The molecule has 0 saturated carbocycles. The SMILES string of the molecule is c1ccc2c(c1)cc(-c1c3ccccc3c(Oc3cccc4sc5ccccc5c34)c3ccncc13)c1ccccc12. The molecule has 0 aliphatic carbocycles. The molecule has 2 nitrogen and oxygen atoms in total. The average Bonchev–Trinajstić information content (AvgIpc) is 3.44. The highest BCUT2D eigenvalue weighted by atomic mass is 32.1. The van der Waals surface area contributed by atoms with E-state index in [-0.39, 0.29) is 0 Å². The Morgan fingerprint density at radius 2 is 1.17 bits per heavy atom. The number of pyridine rings is 1. The van der Waals surface area contributed by atoms with E-state index in [4.69, 9.17) is 4.74 Å². The molecule has 0 bridgehead atoms. The van der Waals surface area contributed by atoms with Crippen LogP contribution in [-0.4, -0.2) is 4.98 Å². The molecule has 3 heteroatoms. The Morgan fingerprint density at radius 1 is 0.500 bits per heavy atom. The predicted octanol–water partition coefficient (Wildman–Crippen LogP) is 11.5. The first-order chi connectivity index (χ1) is 20.8. The van der Waals surface area contributed by atoms with Crippen molar-refractivity contribution in [2.75, 3.05) is 0 Å². The van der Waals surface area contributed by atoms with Gasteiger partial charge in [-0.15, -0.1) is 11.3 Å². The number of benzene rings is 7. The molecule has 7 aromatic carbocycles. The maximum atomic E-state index is 7.01. The molecule has 9 rings (SSSR count). The highest BCUT2D eigenvalue weighted by Gasteiger charge is 2.20. The highest BCUT2D eigenvalue weighted by Crippen LogP contribution is 2.48. The first-order valence-corrected chi connectivity index (χ1v) is 14.9. The zero-order valence-electron chi connectivity index (χ0n) is 22.5. The van der Waals surface area contributed by atoms with E-state index in [1.165, 1.54) is 47.5 Å². The lowest BCUT2D eigenvalue weighted by molar-refractivity contribution is 0.500. The van der Waals surface area contributed by atoms with Crippen LogP contribution >= 0.6 is 11.3 Å². The monoisotopic (exact) mass is 553 g/mol. The maximum Gasteiger partial charge on any atom is 0.143 e. The van der Waals surface area contributed by atoms with Crippen LogP contribution in [-0.2, 0) is 0 Å². The first-order valence-electron chi connectivity index (χ1n) is 14.1. The first kappa shape index (κ1) is 23.5. The van der Waals surface area contributed by atoms with Gasteiger partial charge in [-0.2, -0.15) is 0 Å². The Balaban J connectivity index is 1.38. The summed E-state index contributed by atoms with van der Waals surface area (Å²) in [6.07, 6.45) is 3.86. The maximum absolute atomic E-state index is 7.01. The average molecular weight is 554 g/mol. The quantitative estimate of drug-likeness (QED) is 0.160. The molecule has 0 saturated heterocycles. The van der Waals surface area contributed by atoms with Crippen molar-refractivity contribution < 1.29 is 4.74 Å². The molecule has 2 heterocycles. The standard InChI is InChI=1S/C39H23NOS/c1-2-11-25-24(10-1)22-32(27-13-4-3-12-26(25)27)37-28-14-5-6-15-29(28)39(30-20-21-40-23-33(30)37)41-34-17-9-19-36-38(34)31-16-7-8-18-35(31)42-36/h1-23H. The van der Waals surface area contributed by atoms with Crippen LogP contribution < -0.4 is 4.74 Å². The molecule has 0 N–H and O–H groups in total. The number of rotatable bonds is 3. The summed E-state index contributed by atoms with van der Waals surface area (Å²) < 4.78 is 9.50. The molecule has 0 aliphatic rings. The Kier molecular flexibility index (Phi) is 5.10. The third-order valence-corrected chi connectivity index (χ3v) is 9.53. The van der Waals surface area contributed by atoms with E-state index < -0.39 is 0 Å². The van der Waals surface area contributed by atoms with Crippen molar-refractivity contribution in [3.63, 3.8) is 0 Å². The van der Waals surface area contributed by atoms with E-state index >= 15 is 0 Å². The number of fused-ring (bicyclic) bond motifs is 8. The van der Waals surface area contributed by atoms with Gasteiger partial charge in [0.25, 0.3) is 0 Å². The van der Waals surface area contributed by atoms with Crippen LogP contribution in [0.25, 0.3) is 74.4 Å². The Morgan fingerprint density at radius 3 is 2.05 bits per heavy atom. The summed E-state index contributed by atoms with van der Waals surface area (Å²) in [7, 11) is 0. The lowest BCUT2D eigenvalue weighted by Crippen LogP contribution is -1.94. The molecule has 0 aliphatic heterocycles. The van der Waals surface area contributed by atoms with Gasteiger partial charge in [0.1, 0.15) is 11.5 Å². The highest BCUT2D eigenvalue weighted by molar-refractivity contribution is 7.25. The van der Waals surface area contributed by atoms with Gasteiger partial charge < -0.3 is 4.74 Å². The smallest absolute Gasteiger partial charge is 0.143 e. The van der Waals surface area contributed by atoms with Crippen molar-refractivity contribution in [2.45, 2.75) is 0 Å². The van der Waals surface area contributed by atoms with E-state index in [1.807, 2.05) is 12.4 Å². The van der Waals surface area contributed by atoms with E-state index in [9.17, 15) is 0 Å². The van der Waals surface area contributed by atoms with Crippen molar-refractivity contribution in [3.05, 3.63) is 140 Å². The second-order valence-corrected chi connectivity index (χ2v) is 11.8. The largest absolute Gasteiger partial charge is 0.455 e. The summed E-state index contributed by atoms with van der Waals surface area (Å²) in [6.45, 7) is 0. The normalized spacial score (nSPS) is 11.8. The fourth-order valence-corrected chi connectivity index (χ4v) is 7.70. The minimum Gasteiger partial charge on any atom is -0.455 e. The number of aromatic nitrogens is 1. The molecule has 0 fully saturated rings. The van der Waals surface area contributed by atoms with Gasteiger partial charge in [-0.05, 0) is 68.4 Å². The van der Waals surface area contributed by atoms with Crippen molar-refractivity contribution in [1.29, 1.82) is 0 Å². The van der Waals surface area contributed by atoms with E-state index in [1.54, 1.807) is 11.3 Å². The van der Waals surface area contributed by atoms with Gasteiger partial charge in [0.2, 0.25) is 0 Å². The number of ether oxygens (including phenoxy) is 1. The molecule has 0 amide bonds. The molecular formula is C39H23NOS. The third kappa shape index (κ3) is 3.41.